The van der Waals surface area contributed by atoms with Crippen molar-refractivity contribution in [3.63, 3.8) is 0 Å². The number of pyridine rings is 1. The molecule has 0 bridgehead atoms. The lowest BCUT2D eigenvalue weighted by molar-refractivity contribution is -0.286. The summed E-state index contributed by atoms with van der Waals surface area (Å²) in [5, 5.41) is 0.835. The number of hydrogen-bond acceptors (Lipinski definition) is 7. The summed E-state index contributed by atoms with van der Waals surface area (Å²) in [4.78, 5) is 12.5. The number of fused-ring (bicyclic) bond motifs is 2. The number of H-pyrrole nitrogens is 1. The molecule has 35 heavy (non-hydrogen) atoms. The average Bonchev–Trinajstić information content (AvgIpc) is 3.42. The molecule has 5 rings (SSSR count). The van der Waals surface area contributed by atoms with Crippen molar-refractivity contribution in [2.45, 2.75) is 38.5 Å². The number of aromatic amines is 1. The molecular formula is C25H27F2N5O2S. The van der Waals surface area contributed by atoms with Gasteiger partial charge in [-0.05, 0) is 43.0 Å². The molecule has 3 N–H and O–H groups in total. The number of aliphatic imine (C=N–C) groups is 1. The maximum Gasteiger partial charge on any atom is 0.586 e. The van der Waals surface area contributed by atoms with E-state index >= 15 is 0 Å². The predicted molar refractivity (Wildman–Crippen MR) is 136 cm³/mol. The minimum atomic E-state index is -3.65. The lowest BCUT2D eigenvalue weighted by Crippen LogP contribution is -2.30. The van der Waals surface area contributed by atoms with E-state index < -0.39 is 6.29 Å². The Morgan fingerprint density at radius 1 is 1.29 bits per heavy atom. The number of allylic oxidation sites excluding steroid dienone is 1. The molecule has 0 aliphatic carbocycles. The molecule has 4 heterocycles. The van der Waals surface area contributed by atoms with Gasteiger partial charge in [-0.1, -0.05) is 24.9 Å². The van der Waals surface area contributed by atoms with Crippen molar-refractivity contribution in [2.75, 3.05) is 18.8 Å². The first-order valence-corrected chi connectivity index (χ1v) is 12.6. The standard InChI is InChI=1S/C25H27F2N5O2S/c1-2-9-35-32-7-5-19(6-8-32)29-14-18(12-28)17-10-20-21(15-31-24(20)30-13-17)16-3-4-22-23(11-16)34-25(26,27)33-22/h3-4,10-15,19H,2,5-9,28H2,1H3,(H,30,31). The van der Waals surface area contributed by atoms with Gasteiger partial charge >= 0.3 is 6.29 Å². The predicted octanol–water partition coefficient (Wildman–Crippen LogP) is 5.44. The Labute approximate surface area is 206 Å². The molecule has 2 aliphatic rings. The van der Waals surface area contributed by atoms with Crippen LogP contribution in [-0.4, -0.2) is 51.7 Å². The molecule has 1 fully saturated rings. The van der Waals surface area contributed by atoms with Crippen LogP contribution in [0, 0.1) is 0 Å². The van der Waals surface area contributed by atoms with Gasteiger partial charge in [0.2, 0.25) is 0 Å². The van der Waals surface area contributed by atoms with Crippen LogP contribution in [0.3, 0.4) is 0 Å². The Kier molecular flexibility index (Phi) is 6.66. The molecule has 2 aliphatic heterocycles. The molecule has 7 nitrogen and oxygen atoms in total. The second kappa shape index (κ2) is 9.87. The lowest BCUT2D eigenvalue weighted by atomic mass is 10.0. The van der Waals surface area contributed by atoms with E-state index in [-0.39, 0.29) is 17.5 Å². The van der Waals surface area contributed by atoms with Crippen LogP contribution in [-0.2, 0) is 0 Å². The lowest BCUT2D eigenvalue weighted by Gasteiger charge is -2.28. The van der Waals surface area contributed by atoms with Crippen LogP contribution in [0.1, 0.15) is 31.7 Å². The third-order valence-corrected chi connectivity index (χ3v) is 7.40. The molecule has 0 atom stereocenters. The molecule has 0 spiro atoms. The van der Waals surface area contributed by atoms with E-state index in [0.717, 1.165) is 53.8 Å². The number of alkyl halides is 2. The summed E-state index contributed by atoms with van der Waals surface area (Å²) in [7, 11) is 0. The Balaban J connectivity index is 1.34. The maximum atomic E-state index is 13.4. The van der Waals surface area contributed by atoms with Gasteiger partial charge in [0.05, 0.1) is 6.04 Å². The molecule has 1 aromatic carbocycles. The zero-order valence-electron chi connectivity index (χ0n) is 19.3. The van der Waals surface area contributed by atoms with E-state index in [2.05, 4.69) is 30.7 Å². The van der Waals surface area contributed by atoms with E-state index in [4.69, 9.17) is 10.7 Å². The van der Waals surface area contributed by atoms with Gasteiger partial charge in [-0.2, -0.15) is 0 Å². The zero-order chi connectivity index (χ0) is 24.4. The van der Waals surface area contributed by atoms with Crippen LogP contribution in [0.4, 0.5) is 8.78 Å². The maximum absolute atomic E-state index is 13.4. The van der Waals surface area contributed by atoms with Crippen LogP contribution in [0.5, 0.6) is 11.5 Å². The minimum absolute atomic E-state index is 0.000202. The van der Waals surface area contributed by atoms with Crippen LogP contribution in [0.2, 0.25) is 0 Å². The molecule has 184 valence electrons. The number of nitrogens with zero attached hydrogens (tertiary/aromatic N) is 3. The van der Waals surface area contributed by atoms with Gasteiger partial charge in [0, 0.05) is 65.7 Å². The Bertz CT molecular complexity index is 1270. The van der Waals surface area contributed by atoms with Gasteiger partial charge in [0.1, 0.15) is 5.65 Å². The highest BCUT2D eigenvalue weighted by Crippen LogP contribution is 2.43. The molecule has 2 aromatic heterocycles. The van der Waals surface area contributed by atoms with Crippen molar-refractivity contribution in [3.05, 3.63) is 48.4 Å². The monoisotopic (exact) mass is 499 g/mol. The van der Waals surface area contributed by atoms with Crippen LogP contribution in [0.15, 0.2) is 47.9 Å². The first-order valence-electron chi connectivity index (χ1n) is 11.7. The van der Waals surface area contributed by atoms with Crippen LogP contribution >= 0.6 is 11.9 Å². The molecule has 0 unspecified atom stereocenters. The van der Waals surface area contributed by atoms with E-state index in [1.807, 2.05) is 24.2 Å². The van der Waals surface area contributed by atoms with Gasteiger partial charge in [-0.25, -0.2) is 4.98 Å². The number of ether oxygens (including phenoxy) is 2. The molecule has 0 saturated carbocycles. The number of halogens is 2. The quantitative estimate of drug-likeness (QED) is 0.332. The fourth-order valence-corrected chi connectivity index (χ4v) is 5.17. The molecule has 0 radical (unpaired) electrons. The highest BCUT2D eigenvalue weighted by atomic mass is 32.2. The van der Waals surface area contributed by atoms with Gasteiger partial charge < -0.3 is 20.2 Å². The summed E-state index contributed by atoms with van der Waals surface area (Å²) >= 11 is 1.92. The highest BCUT2D eigenvalue weighted by Gasteiger charge is 2.43. The van der Waals surface area contributed by atoms with Crippen molar-refractivity contribution >= 4 is 34.8 Å². The molecule has 3 aromatic rings. The van der Waals surface area contributed by atoms with Gasteiger partial charge in [0.25, 0.3) is 0 Å². The fraction of sp³-hybridized carbons (Fsp3) is 0.360. The Morgan fingerprint density at radius 3 is 2.86 bits per heavy atom. The number of nitrogens with two attached hydrogens (primary N) is 1. The second-order valence-corrected chi connectivity index (χ2v) is 9.73. The average molecular weight is 500 g/mol. The largest absolute Gasteiger partial charge is 0.586 e. The fourth-order valence-electron chi connectivity index (χ4n) is 4.26. The number of rotatable bonds is 7. The number of hydrogen-bond donors (Lipinski definition) is 2. The SMILES string of the molecule is CCCSN1CCC(N=CC(=CN)c2cnc3[nH]cc(-c4ccc5c(c4)OC(F)(F)O5)c3c2)CC1. The smallest absolute Gasteiger partial charge is 0.404 e. The first-order chi connectivity index (χ1) is 17.0. The topological polar surface area (TPSA) is 88.8 Å². The summed E-state index contributed by atoms with van der Waals surface area (Å²) in [5.74, 6) is 1.17. The summed E-state index contributed by atoms with van der Waals surface area (Å²) in [5.41, 5.74) is 9.74. The van der Waals surface area contributed by atoms with Crippen molar-refractivity contribution in [1.82, 2.24) is 14.3 Å². The zero-order valence-corrected chi connectivity index (χ0v) is 20.2. The third-order valence-electron chi connectivity index (χ3n) is 6.08. The first kappa shape index (κ1) is 23.6. The number of benzene rings is 1. The molecule has 1 saturated heterocycles. The number of aromatic nitrogens is 2. The van der Waals surface area contributed by atoms with Gasteiger partial charge in [-0.15, -0.1) is 8.78 Å². The van der Waals surface area contributed by atoms with Crippen LogP contribution in [0.25, 0.3) is 27.7 Å². The Morgan fingerprint density at radius 2 is 2.09 bits per heavy atom. The summed E-state index contributed by atoms with van der Waals surface area (Å²) < 4.78 is 38.4. The van der Waals surface area contributed by atoms with Crippen molar-refractivity contribution < 1.29 is 18.3 Å². The van der Waals surface area contributed by atoms with E-state index in [1.165, 1.54) is 24.8 Å². The Hall–Kier alpha value is -3.11. The van der Waals surface area contributed by atoms with Crippen molar-refractivity contribution in [3.8, 4) is 22.6 Å². The van der Waals surface area contributed by atoms with Crippen LogP contribution < -0.4 is 15.2 Å². The van der Waals surface area contributed by atoms with Gasteiger partial charge in [-0.3, -0.25) is 9.30 Å². The second-order valence-electron chi connectivity index (χ2n) is 8.55. The number of piperidine rings is 1. The highest BCUT2D eigenvalue weighted by molar-refractivity contribution is 7.97. The minimum Gasteiger partial charge on any atom is -0.404 e. The van der Waals surface area contributed by atoms with Gasteiger partial charge in [0.15, 0.2) is 11.5 Å². The molecule has 10 heteroatoms. The summed E-state index contributed by atoms with van der Waals surface area (Å²) in [6.07, 6.45) is 6.48. The number of nitrogens with one attached hydrogen (secondary N) is 1. The molecule has 0 amide bonds. The van der Waals surface area contributed by atoms with E-state index in [0.29, 0.717) is 11.2 Å². The van der Waals surface area contributed by atoms with Crippen molar-refractivity contribution in [1.29, 1.82) is 0 Å². The summed E-state index contributed by atoms with van der Waals surface area (Å²) in [6.45, 7) is 4.27. The van der Waals surface area contributed by atoms with E-state index in [9.17, 15) is 8.78 Å². The summed E-state index contributed by atoms with van der Waals surface area (Å²) in [6, 6.07) is 6.98. The molecular weight excluding hydrogens is 472 g/mol. The normalized spacial score (nSPS) is 18.7. The van der Waals surface area contributed by atoms with E-state index in [1.54, 1.807) is 18.5 Å². The van der Waals surface area contributed by atoms with Crippen molar-refractivity contribution in [2.24, 2.45) is 10.7 Å². The third kappa shape index (κ3) is 5.13.